The lowest BCUT2D eigenvalue weighted by Gasteiger charge is -2.23. The molecule has 1 unspecified atom stereocenters. The van der Waals surface area contributed by atoms with Gasteiger partial charge in [0.15, 0.2) is 0 Å². The summed E-state index contributed by atoms with van der Waals surface area (Å²) in [6.45, 7) is 3.28. The molecule has 2 heterocycles. The number of rotatable bonds is 3. The molecule has 4 heteroatoms. The van der Waals surface area contributed by atoms with Crippen molar-refractivity contribution in [1.29, 1.82) is 0 Å². The molecule has 0 amide bonds. The smallest absolute Gasteiger partial charge is 0.128 e. The summed E-state index contributed by atoms with van der Waals surface area (Å²) in [5, 5.41) is 3.36. The van der Waals surface area contributed by atoms with E-state index < -0.39 is 0 Å². The first-order valence-electron chi connectivity index (χ1n) is 5.28. The summed E-state index contributed by atoms with van der Waals surface area (Å²) in [5.41, 5.74) is 5.62. The van der Waals surface area contributed by atoms with Crippen LogP contribution in [-0.2, 0) is 0 Å². The molecule has 3 N–H and O–H groups in total. The molecule has 1 fully saturated rings. The Kier molecular flexibility index (Phi) is 3.05. The molecule has 0 saturated carbocycles. The molecule has 0 aromatic carbocycles. The van der Waals surface area contributed by atoms with Gasteiger partial charge >= 0.3 is 0 Å². The van der Waals surface area contributed by atoms with Crippen molar-refractivity contribution in [2.24, 2.45) is 0 Å². The Hall–Kier alpha value is -0.900. The van der Waals surface area contributed by atoms with Gasteiger partial charge in [0.25, 0.3) is 0 Å². The molecule has 1 aliphatic rings. The third-order valence-electron chi connectivity index (χ3n) is 2.71. The third-order valence-corrected chi connectivity index (χ3v) is 4.25. The van der Waals surface area contributed by atoms with Crippen LogP contribution in [-0.4, -0.2) is 22.0 Å². The number of nitrogens with two attached hydrogens (primary N) is 1. The molecular weight excluding hydrogens is 206 g/mol. The molecule has 3 nitrogen and oxygen atoms in total. The molecule has 82 valence electrons. The van der Waals surface area contributed by atoms with Crippen LogP contribution in [0.25, 0.3) is 0 Å². The van der Waals surface area contributed by atoms with E-state index in [2.05, 4.69) is 17.2 Å². The predicted molar refractivity (Wildman–Crippen MR) is 67.2 cm³/mol. The second-order valence-corrected chi connectivity index (χ2v) is 5.89. The van der Waals surface area contributed by atoms with E-state index in [9.17, 15) is 0 Å². The zero-order valence-electron chi connectivity index (χ0n) is 8.99. The molecule has 1 aliphatic heterocycles. The van der Waals surface area contributed by atoms with Crippen LogP contribution in [0.5, 0.6) is 0 Å². The summed E-state index contributed by atoms with van der Waals surface area (Å²) in [4.78, 5) is 4.22. The van der Waals surface area contributed by atoms with Crippen LogP contribution in [0, 0.1) is 0 Å². The number of nitrogen functional groups attached to an aromatic ring is 1. The lowest BCUT2D eigenvalue weighted by atomic mass is 10.1. The number of nitrogens with zero attached hydrogens (tertiary/aromatic N) is 1. The molecule has 0 aliphatic carbocycles. The average Bonchev–Trinajstić information content (AvgIpc) is 2.63. The molecule has 0 spiro atoms. The normalized spacial score (nSPS) is 25.4. The molecule has 0 bridgehead atoms. The van der Waals surface area contributed by atoms with E-state index in [0.717, 1.165) is 12.4 Å². The monoisotopic (exact) mass is 223 g/mol. The van der Waals surface area contributed by atoms with Gasteiger partial charge in [-0.2, -0.15) is 11.8 Å². The lowest BCUT2D eigenvalue weighted by Crippen LogP contribution is -2.27. The van der Waals surface area contributed by atoms with Gasteiger partial charge in [0.05, 0.1) is 0 Å². The summed E-state index contributed by atoms with van der Waals surface area (Å²) in [6, 6.07) is 5.69. The highest BCUT2D eigenvalue weighted by atomic mass is 32.2. The van der Waals surface area contributed by atoms with Crippen molar-refractivity contribution < 1.29 is 0 Å². The number of pyridine rings is 1. The zero-order valence-corrected chi connectivity index (χ0v) is 9.81. The second kappa shape index (κ2) is 4.31. The van der Waals surface area contributed by atoms with Crippen LogP contribution in [0.4, 0.5) is 11.6 Å². The van der Waals surface area contributed by atoms with E-state index in [4.69, 9.17) is 5.73 Å². The maximum atomic E-state index is 5.62. The van der Waals surface area contributed by atoms with Gasteiger partial charge in [-0.3, -0.25) is 0 Å². The summed E-state index contributed by atoms with van der Waals surface area (Å²) >= 11 is 2.05. The van der Waals surface area contributed by atoms with Gasteiger partial charge in [-0.1, -0.05) is 6.07 Å². The van der Waals surface area contributed by atoms with Gasteiger partial charge in [-0.25, -0.2) is 4.98 Å². The number of hydrogen-bond acceptors (Lipinski definition) is 4. The average molecular weight is 223 g/mol. The van der Waals surface area contributed by atoms with Crippen molar-refractivity contribution in [3.8, 4) is 0 Å². The second-order valence-electron chi connectivity index (χ2n) is 4.20. The first kappa shape index (κ1) is 10.6. The highest BCUT2D eigenvalue weighted by molar-refractivity contribution is 8.00. The summed E-state index contributed by atoms with van der Waals surface area (Å²) < 4.78 is 0.367. The molecular formula is C11H17N3S. The summed E-state index contributed by atoms with van der Waals surface area (Å²) in [6.07, 6.45) is 2.61. The molecule has 1 aromatic rings. The molecule has 0 radical (unpaired) electrons. The van der Waals surface area contributed by atoms with Crippen LogP contribution in [0.15, 0.2) is 18.2 Å². The third kappa shape index (κ3) is 2.78. The molecule has 1 saturated heterocycles. The SMILES string of the molecule is CC1(CNc2cccc(N)n2)CCCS1. The van der Waals surface area contributed by atoms with Gasteiger partial charge in [-0.15, -0.1) is 0 Å². The topological polar surface area (TPSA) is 50.9 Å². The molecule has 2 rings (SSSR count). The Bertz CT molecular complexity index is 334. The predicted octanol–water partition coefficient (Wildman–Crippen LogP) is 2.36. The van der Waals surface area contributed by atoms with Crippen LogP contribution in [0.2, 0.25) is 0 Å². The van der Waals surface area contributed by atoms with Crippen LogP contribution in [0.3, 0.4) is 0 Å². The summed E-state index contributed by atoms with van der Waals surface area (Å²) in [5.74, 6) is 2.73. The quantitative estimate of drug-likeness (QED) is 0.826. The van der Waals surface area contributed by atoms with Gasteiger partial charge in [0.2, 0.25) is 0 Å². The Balaban J connectivity index is 1.92. The van der Waals surface area contributed by atoms with E-state index in [1.54, 1.807) is 6.07 Å². The van der Waals surface area contributed by atoms with E-state index in [0.29, 0.717) is 10.6 Å². The first-order chi connectivity index (χ1) is 7.18. The van der Waals surface area contributed by atoms with Gasteiger partial charge in [0.1, 0.15) is 11.6 Å². The lowest BCUT2D eigenvalue weighted by molar-refractivity contribution is 0.634. The fourth-order valence-corrected chi connectivity index (χ4v) is 3.05. The Morgan fingerprint density at radius 2 is 2.47 bits per heavy atom. The minimum absolute atomic E-state index is 0.367. The van der Waals surface area contributed by atoms with Gasteiger partial charge < -0.3 is 11.1 Å². The van der Waals surface area contributed by atoms with Gasteiger partial charge in [0, 0.05) is 11.3 Å². The first-order valence-corrected chi connectivity index (χ1v) is 6.27. The minimum atomic E-state index is 0.367. The number of thioether (sulfide) groups is 1. The summed E-state index contributed by atoms with van der Waals surface area (Å²) in [7, 11) is 0. The fraction of sp³-hybridized carbons (Fsp3) is 0.545. The zero-order chi connectivity index (χ0) is 10.7. The van der Waals surface area contributed by atoms with Crippen molar-refractivity contribution >= 4 is 23.4 Å². The van der Waals surface area contributed by atoms with Crippen molar-refractivity contribution in [3.05, 3.63) is 18.2 Å². The van der Waals surface area contributed by atoms with Crippen molar-refractivity contribution in [1.82, 2.24) is 4.98 Å². The largest absolute Gasteiger partial charge is 0.384 e. The van der Waals surface area contributed by atoms with Crippen molar-refractivity contribution in [2.75, 3.05) is 23.3 Å². The highest BCUT2D eigenvalue weighted by Gasteiger charge is 2.29. The number of nitrogens with one attached hydrogen (secondary N) is 1. The van der Waals surface area contributed by atoms with Crippen LogP contribution >= 0.6 is 11.8 Å². The van der Waals surface area contributed by atoms with Crippen molar-refractivity contribution in [2.45, 2.75) is 24.5 Å². The molecule has 1 aromatic heterocycles. The van der Waals surface area contributed by atoms with E-state index >= 15 is 0 Å². The fourth-order valence-electron chi connectivity index (χ4n) is 1.80. The van der Waals surface area contributed by atoms with E-state index in [1.165, 1.54) is 18.6 Å². The maximum absolute atomic E-state index is 5.62. The Morgan fingerprint density at radius 1 is 1.60 bits per heavy atom. The Morgan fingerprint density at radius 3 is 3.13 bits per heavy atom. The van der Waals surface area contributed by atoms with Crippen LogP contribution < -0.4 is 11.1 Å². The molecule has 15 heavy (non-hydrogen) atoms. The van der Waals surface area contributed by atoms with E-state index in [-0.39, 0.29) is 0 Å². The Labute approximate surface area is 94.8 Å². The van der Waals surface area contributed by atoms with Crippen LogP contribution in [0.1, 0.15) is 19.8 Å². The number of hydrogen-bond donors (Lipinski definition) is 2. The van der Waals surface area contributed by atoms with E-state index in [1.807, 2.05) is 23.9 Å². The minimum Gasteiger partial charge on any atom is -0.384 e. The highest BCUT2D eigenvalue weighted by Crippen LogP contribution is 2.37. The van der Waals surface area contributed by atoms with Gasteiger partial charge in [-0.05, 0) is 37.7 Å². The molecule has 1 atom stereocenters. The standard InChI is InChI=1S/C11H17N3S/c1-11(6-3-7-15-11)8-13-10-5-2-4-9(12)14-10/h2,4-5H,3,6-8H2,1H3,(H3,12,13,14). The number of aromatic nitrogens is 1. The number of anilines is 2. The maximum Gasteiger partial charge on any atom is 0.128 e. The van der Waals surface area contributed by atoms with Crippen molar-refractivity contribution in [3.63, 3.8) is 0 Å².